The maximum absolute atomic E-state index is 5.88. The van der Waals surface area contributed by atoms with E-state index in [1.807, 2.05) is 0 Å². The van der Waals surface area contributed by atoms with Gasteiger partial charge in [-0.1, -0.05) is 33.3 Å². The Morgan fingerprint density at radius 3 is 2.43 bits per heavy atom. The van der Waals surface area contributed by atoms with Crippen LogP contribution in [0, 0.1) is 0 Å². The van der Waals surface area contributed by atoms with Crippen LogP contribution >= 0.6 is 0 Å². The van der Waals surface area contributed by atoms with Crippen molar-refractivity contribution in [2.75, 3.05) is 20.3 Å². The molecule has 0 aliphatic rings. The van der Waals surface area contributed by atoms with Gasteiger partial charge in [0.1, 0.15) is 5.75 Å². The lowest BCUT2D eigenvalue weighted by Crippen LogP contribution is -2.33. The summed E-state index contributed by atoms with van der Waals surface area (Å²) < 4.78 is 11.5. The van der Waals surface area contributed by atoms with E-state index >= 15 is 0 Å². The average molecular weight is 389 g/mol. The molecule has 6 nitrogen and oxygen atoms in total. The molecule has 0 heterocycles. The highest BCUT2D eigenvalue weighted by atomic mass is 16.5. The highest BCUT2D eigenvalue weighted by Gasteiger charge is 2.10. The topological polar surface area (TPSA) is 81.2 Å². The van der Waals surface area contributed by atoms with Gasteiger partial charge in [-0.05, 0) is 61.6 Å². The van der Waals surface area contributed by atoms with Gasteiger partial charge in [-0.15, -0.1) is 0 Å². The summed E-state index contributed by atoms with van der Waals surface area (Å²) in [5.74, 6) is 7.56. The van der Waals surface area contributed by atoms with Crippen molar-refractivity contribution in [1.82, 2.24) is 5.43 Å². The summed E-state index contributed by atoms with van der Waals surface area (Å²) in [6, 6.07) is 4.43. The van der Waals surface area contributed by atoms with Crippen LogP contribution in [0.15, 0.2) is 34.1 Å². The molecule has 0 saturated carbocycles. The molecule has 0 amide bonds. The Morgan fingerprint density at radius 1 is 1.14 bits per heavy atom. The van der Waals surface area contributed by atoms with Crippen LogP contribution in [0.25, 0.3) is 0 Å². The predicted molar refractivity (Wildman–Crippen MR) is 118 cm³/mol. The number of unbranched alkanes of at least 4 members (excludes halogenated alkanes) is 1. The third kappa shape index (κ3) is 7.35. The van der Waals surface area contributed by atoms with Gasteiger partial charge < -0.3 is 14.9 Å². The van der Waals surface area contributed by atoms with Crippen molar-refractivity contribution in [3.8, 4) is 5.75 Å². The number of ether oxygens (including phenoxy) is 2. The fourth-order valence-corrected chi connectivity index (χ4v) is 3.00. The summed E-state index contributed by atoms with van der Waals surface area (Å²) in [5, 5.41) is 0. The minimum absolute atomic E-state index is 0.499. The summed E-state index contributed by atoms with van der Waals surface area (Å²) in [6.45, 7) is 11.2. The van der Waals surface area contributed by atoms with E-state index in [2.05, 4.69) is 55.0 Å². The van der Waals surface area contributed by atoms with Crippen LogP contribution in [0.3, 0.4) is 0 Å². The molecule has 0 unspecified atom stereocenters. The molecular formula is C22H36N4O2. The zero-order valence-electron chi connectivity index (χ0n) is 17.9. The molecule has 0 atom stereocenters. The van der Waals surface area contributed by atoms with Gasteiger partial charge in [0.15, 0.2) is 11.6 Å². The van der Waals surface area contributed by atoms with Gasteiger partial charge in [-0.25, -0.2) is 5.84 Å². The minimum atomic E-state index is 0.499. The average Bonchev–Trinajstić information content (AvgIpc) is 2.73. The summed E-state index contributed by atoms with van der Waals surface area (Å²) in [4.78, 5) is 8.24. The van der Waals surface area contributed by atoms with Crippen LogP contribution in [-0.2, 0) is 24.0 Å². The Morgan fingerprint density at radius 2 is 1.86 bits per heavy atom. The summed E-state index contributed by atoms with van der Waals surface area (Å²) >= 11 is 0. The van der Waals surface area contributed by atoms with Crippen LogP contribution in [0.4, 0.5) is 0 Å². The molecule has 0 aromatic heterocycles. The van der Waals surface area contributed by atoms with Crippen molar-refractivity contribution in [2.24, 2.45) is 15.8 Å². The van der Waals surface area contributed by atoms with Gasteiger partial charge in [0, 0.05) is 6.54 Å². The van der Waals surface area contributed by atoms with Crippen molar-refractivity contribution < 1.29 is 9.47 Å². The number of hydrazine groups is 1. The van der Waals surface area contributed by atoms with E-state index in [-0.39, 0.29) is 0 Å². The maximum Gasteiger partial charge on any atom is 0.180 e. The molecule has 1 rings (SSSR count). The largest absolute Gasteiger partial charge is 0.496 e. The Labute approximate surface area is 169 Å². The molecule has 1 aromatic carbocycles. The smallest absolute Gasteiger partial charge is 0.180 e. The quantitative estimate of drug-likeness (QED) is 0.134. The van der Waals surface area contributed by atoms with Crippen molar-refractivity contribution in [1.29, 1.82) is 0 Å². The van der Waals surface area contributed by atoms with E-state index in [0.717, 1.165) is 44.3 Å². The molecule has 0 aliphatic carbocycles. The van der Waals surface area contributed by atoms with E-state index in [9.17, 15) is 0 Å². The first-order valence-corrected chi connectivity index (χ1v) is 10.1. The van der Waals surface area contributed by atoms with Crippen LogP contribution in [0.5, 0.6) is 5.75 Å². The second-order valence-corrected chi connectivity index (χ2v) is 6.50. The van der Waals surface area contributed by atoms with Crippen LogP contribution in [0.2, 0.25) is 0 Å². The molecule has 0 aliphatic heterocycles. The second-order valence-electron chi connectivity index (χ2n) is 6.50. The Bertz CT molecular complexity index is 669. The summed E-state index contributed by atoms with van der Waals surface area (Å²) in [7, 11) is 1.73. The number of nitrogens with two attached hydrogens (primary N) is 1. The molecule has 0 saturated heterocycles. The Kier molecular flexibility index (Phi) is 11.7. The van der Waals surface area contributed by atoms with Crippen LogP contribution in [0.1, 0.15) is 56.7 Å². The lowest BCUT2D eigenvalue weighted by Gasteiger charge is -2.15. The molecule has 28 heavy (non-hydrogen) atoms. The van der Waals surface area contributed by atoms with E-state index in [4.69, 9.17) is 15.3 Å². The van der Waals surface area contributed by atoms with Crippen molar-refractivity contribution >= 4 is 12.6 Å². The van der Waals surface area contributed by atoms with Gasteiger partial charge in [0.2, 0.25) is 0 Å². The molecule has 156 valence electrons. The number of nitrogens with zero attached hydrogens (tertiary/aromatic N) is 2. The normalized spacial score (nSPS) is 12.0. The standard InChI is InChI=1S/C22H36N4O2/c1-6-9-12-25-22(26-23)21(16-24-4)28-13-10-11-19-14-17(7-2)18(8-3)15-20(19)27-5/h14-16H,4,6-13,23H2,1-3,5H3,(H,25,26)/b21-16+. The number of amidine groups is 1. The van der Waals surface area contributed by atoms with Crippen molar-refractivity contribution in [3.05, 3.63) is 40.8 Å². The third-order valence-corrected chi connectivity index (χ3v) is 4.57. The van der Waals surface area contributed by atoms with E-state index < -0.39 is 0 Å². The molecule has 1 aromatic rings. The van der Waals surface area contributed by atoms with Crippen LogP contribution < -0.4 is 16.0 Å². The first-order valence-electron chi connectivity index (χ1n) is 10.1. The monoisotopic (exact) mass is 388 g/mol. The lowest BCUT2D eigenvalue weighted by molar-refractivity contribution is 0.224. The minimum Gasteiger partial charge on any atom is -0.496 e. The number of hydrogen-bond acceptors (Lipinski definition) is 5. The molecule has 0 radical (unpaired) electrons. The number of aliphatic imine (C=N–C) groups is 2. The van der Waals surface area contributed by atoms with Gasteiger partial charge in [-0.2, -0.15) is 0 Å². The zero-order valence-corrected chi connectivity index (χ0v) is 17.9. The number of rotatable bonds is 13. The third-order valence-electron chi connectivity index (χ3n) is 4.57. The molecule has 0 bridgehead atoms. The lowest BCUT2D eigenvalue weighted by atomic mass is 9.97. The fourth-order valence-electron chi connectivity index (χ4n) is 3.00. The van der Waals surface area contributed by atoms with Gasteiger partial charge in [-0.3, -0.25) is 9.98 Å². The van der Waals surface area contributed by atoms with E-state index in [1.165, 1.54) is 22.9 Å². The number of hydrogen-bond donors (Lipinski definition) is 2. The Balaban J connectivity index is 2.74. The van der Waals surface area contributed by atoms with Gasteiger partial charge in [0.05, 0.1) is 19.9 Å². The first-order chi connectivity index (χ1) is 13.6. The summed E-state index contributed by atoms with van der Waals surface area (Å²) in [6.07, 6.45) is 7.34. The number of benzene rings is 1. The molecule has 0 fully saturated rings. The Hall–Kier alpha value is -2.34. The maximum atomic E-state index is 5.88. The molecular weight excluding hydrogens is 352 g/mol. The van der Waals surface area contributed by atoms with Gasteiger partial charge in [0.25, 0.3) is 0 Å². The van der Waals surface area contributed by atoms with E-state index in [1.54, 1.807) is 7.11 Å². The van der Waals surface area contributed by atoms with E-state index in [0.29, 0.717) is 24.7 Å². The predicted octanol–water partition coefficient (Wildman–Crippen LogP) is 3.97. The van der Waals surface area contributed by atoms with Crippen molar-refractivity contribution in [2.45, 2.75) is 59.3 Å². The molecule has 6 heteroatoms. The number of methoxy groups -OCH3 is 1. The highest BCUT2D eigenvalue weighted by molar-refractivity contribution is 5.96. The summed E-state index contributed by atoms with van der Waals surface area (Å²) in [5.41, 5.74) is 6.54. The number of nitrogens with one attached hydrogen (secondary N) is 1. The number of aryl methyl sites for hydroxylation is 3. The fraction of sp³-hybridized carbons (Fsp3) is 0.545. The SMILES string of the molecule is C=N/C=C(/OCCCc1cc(CC)c(CC)cc1OC)C(=NCCCC)NN. The zero-order chi connectivity index (χ0) is 20.8. The molecule has 3 N–H and O–H groups in total. The highest BCUT2D eigenvalue weighted by Crippen LogP contribution is 2.26. The first kappa shape index (κ1) is 23.7. The van der Waals surface area contributed by atoms with Gasteiger partial charge >= 0.3 is 0 Å². The second kappa shape index (κ2) is 13.8. The van der Waals surface area contributed by atoms with Crippen molar-refractivity contribution in [3.63, 3.8) is 0 Å². The molecule has 0 spiro atoms. The van der Waals surface area contributed by atoms with Crippen LogP contribution in [-0.4, -0.2) is 32.8 Å².